The maximum absolute atomic E-state index is 4.31. The molecule has 43 heavy (non-hydrogen) atoms. The number of rotatable bonds is 12. The first kappa shape index (κ1) is 37.5. The molecule has 0 unspecified atom stereocenters. The summed E-state index contributed by atoms with van der Waals surface area (Å²) in [5.74, 6) is 0. The Kier molecular flexibility index (Phi) is 13.1. The van der Waals surface area contributed by atoms with Gasteiger partial charge in [-0.1, -0.05) is 171 Å². The highest BCUT2D eigenvalue weighted by Gasteiger charge is 2.32. The van der Waals surface area contributed by atoms with Crippen LogP contribution >= 0.6 is 47.8 Å². The summed E-state index contributed by atoms with van der Waals surface area (Å²) >= 11 is 11.3. The van der Waals surface area contributed by atoms with Gasteiger partial charge in [-0.05, 0) is 101 Å². The average Bonchev–Trinajstić information content (AvgIpc) is 2.93. The van der Waals surface area contributed by atoms with Crippen molar-refractivity contribution in [3.05, 3.63) is 143 Å². The summed E-state index contributed by atoms with van der Waals surface area (Å²) in [5.41, 5.74) is 10.8. The van der Waals surface area contributed by atoms with Crippen molar-refractivity contribution in [2.45, 2.75) is 100.0 Å². The molecule has 0 aliphatic heterocycles. The lowest BCUT2D eigenvalue weighted by molar-refractivity contribution is 0.690. The molecule has 0 radical (unpaired) electrons. The third kappa shape index (κ3) is 10.2. The van der Waals surface area contributed by atoms with E-state index in [4.69, 9.17) is 0 Å². The van der Waals surface area contributed by atoms with Gasteiger partial charge in [-0.3, -0.25) is 0 Å². The molecule has 0 nitrogen and oxygen atoms in total. The van der Waals surface area contributed by atoms with Gasteiger partial charge in [-0.25, -0.2) is 0 Å². The lowest BCUT2D eigenvalue weighted by atomic mass is 9.70. The number of allylic oxidation sites excluding steroid dienone is 3. The third-order valence-electron chi connectivity index (χ3n) is 8.37. The molecule has 0 aliphatic carbocycles. The smallest absolute Gasteiger partial charge is 0.0423 e. The number of alkyl halides is 3. The second kappa shape index (κ2) is 15.1. The van der Waals surface area contributed by atoms with Crippen molar-refractivity contribution in [1.82, 2.24) is 0 Å². The van der Waals surface area contributed by atoms with Gasteiger partial charge in [0.1, 0.15) is 0 Å². The molecule has 3 rings (SSSR count). The van der Waals surface area contributed by atoms with Crippen molar-refractivity contribution in [3.63, 3.8) is 0 Å². The molecule has 0 N–H and O–H groups in total. The maximum atomic E-state index is 4.31. The van der Waals surface area contributed by atoms with Gasteiger partial charge in [0.05, 0.1) is 0 Å². The number of hydrogen-bond donors (Lipinski definition) is 0. The predicted molar refractivity (Wildman–Crippen MR) is 204 cm³/mol. The van der Waals surface area contributed by atoms with Crippen LogP contribution in [0.25, 0.3) is 0 Å². The first-order valence-corrected chi connectivity index (χ1v) is 17.6. The summed E-state index contributed by atoms with van der Waals surface area (Å²) in [7, 11) is 0. The molecule has 0 fully saturated rings. The van der Waals surface area contributed by atoms with Gasteiger partial charge in [-0.2, -0.15) is 0 Å². The summed E-state index contributed by atoms with van der Waals surface area (Å²) in [4.78, 5) is 0. The number of hydrogen-bond acceptors (Lipinski definition) is 0. The van der Waals surface area contributed by atoms with Gasteiger partial charge in [0.25, 0.3) is 0 Å². The summed E-state index contributed by atoms with van der Waals surface area (Å²) in [6, 6.07) is 27.3. The molecule has 232 valence electrons. The fourth-order valence-electron chi connectivity index (χ4n) is 4.74. The van der Waals surface area contributed by atoms with Crippen LogP contribution in [-0.4, -0.2) is 13.0 Å². The van der Waals surface area contributed by atoms with Crippen molar-refractivity contribution in [1.29, 1.82) is 0 Å². The maximum Gasteiger partial charge on any atom is 0.0423 e. The highest BCUT2D eigenvalue weighted by atomic mass is 79.9. The Morgan fingerprint density at radius 2 is 0.628 bits per heavy atom. The normalized spacial score (nSPS) is 12.3. The van der Waals surface area contributed by atoms with E-state index in [1.165, 1.54) is 50.1 Å². The van der Waals surface area contributed by atoms with Crippen molar-refractivity contribution in [2.75, 3.05) is 0 Å². The molecule has 3 aromatic rings. The molecule has 3 aromatic carbocycles. The molecule has 0 saturated heterocycles. The van der Waals surface area contributed by atoms with Crippen LogP contribution in [0.5, 0.6) is 0 Å². The zero-order valence-electron chi connectivity index (χ0n) is 27.8. The van der Waals surface area contributed by atoms with Gasteiger partial charge >= 0.3 is 0 Å². The second-order valence-corrected chi connectivity index (χ2v) is 18.9. The van der Waals surface area contributed by atoms with Crippen LogP contribution in [0.15, 0.2) is 109 Å². The molecule has 0 spiro atoms. The van der Waals surface area contributed by atoms with Crippen molar-refractivity contribution in [2.24, 2.45) is 0 Å². The molecular formula is C40H51Br3. The number of halogens is 3. The summed E-state index contributed by atoms with van der Waals surface area (Å²) in [5, 5.41) is 0. The minimum atomic E-state index is -0.321. The highest BCUT2D eigenvalue weighted by Crippen LogP contribution is 2.40. The SMILES string of the molecule is C=C(Cc1ccc(C(C)(c2ccc(CC(=C)C(C)(C)Br)cc2)c2ccc(CC(=C)C(C)(C)Br)cc2)cc1)C(C)(C)Br.CC. The first-order chi connectivity index (χ1) is 19.8. The van der Waals surface area contributed by atoms with Gasteiger partial charge in [0.15, 0.2) is 0 Å². The zero-order chi connectivity index (χ0) is 32.8. The van der Waals surface area contributed by atoms with E-state index in [9.17, 15) is 0 Å². The molecule has 0 atom stereocenters. The van der Waals surface area contributed by atoms with Crippen LogP contribution in [0.1, 0.15) is 95.7 Å². The highest BCUT2D eigenvalue weighted by molar-refractivity contribution is 9.10. The zero-order valence-corrected chi connectivity index (χ0v) is 32.6. The van der Waals surface area contributed by atoms with Crippen LogP contribution in [0.4, 0.5) is 0 Å². The molecule has 0 bridgehead atoms. The van der Waals surface area contributed by atoms with Gasteiger partial charge in [0.2, 0.25) is 0 Å². The van der Waals surface area contributed by atoms with Crippen molar-refractivity contribution in [3.8, 4) is 0 Å². The molecule has 0 aromatic heterocycles. The van der Waals surface area contributed by atoms with E-state index in [2.05, 4.69) is 189 Å². The Labute approximate surface area is 288 Å². The standard InChI is InChI=1S/C38H45Br3.C2H6/c1-26(35(4,5)39)23-29-11-17-32(18-12-29)38(10,33-19-13-30(14-20-33)24-27(2)36(6,7)40)34-21-15-31(16-22-34)25-28(3)37(8,9)41;1-2/h11-22H,1-3,23-25H2,4-10H3;1-2H3. The van der Waals surface area contributed by atoms with E-state index in [0.717, 1.165) is 19.3 Å². The Morgan fingerprint density at radius 1 is 0.442 bits per heavy atom. The van der Waals surface area contributed by atoms with E-state index >= 15 is 0 Å². The summed E-state index contributed by atoms with van der Waals surface area (Å²) in [6.45, 7) is 32.2. The van der Waals surface area contributed by atoms with Crippen LogP contribution in [0, 0.1) is 0 Å². The monoisotopic (exact) mass is 768 g/mol. The fraction of sp³-hybridized carbons (Fsp3) is 0.400. The number of benzene rings is 3. The summed E-state index contributed by atoms with van der Waals surface area (Å²) < 4.78 is -0.267. The van der Waals surface area contributed by atoms with E-state index in [-0.39, 0.29) is 18.4 Å². The molecule has 0 saturated carbocycles. The Balaban J connectivity index is 0.00000316. The van der Waals surface area contributed by atoms with E-state index in [0.29, 0.717) is 0 Å². The molecule has 0 amide bonds. The van der Waals surface area contributed by atoms with Gasteiger partial charge in [-0.15, -0.1) is 0 Å². The van der Waals surface area contributed by atoms with Crippen LogP contribution in [0.2, 0.25) is 0 Å². The van der Waals surface area contributed by atoms with E-state index in [1.54, 1.807) is 0 Å². The quantitative estimate of drug-likeness (QED) is 0.0977. The Morgan fingerprint density at radius 3 is 0.791 bits per heavy atom. The molecule has 3 heteroatoms. The molecular weight excluding hydrogens is 720 g/mol. The Bertz CT molecular complexity index is 1200. The lowest BCUT2D eigenvalue weighted by Crippen LogP contribution is -2.25. The second-order valence-electron chi connectivity index (χ2n) is 13.0. The largest absolute Gasteiger partial charge is 0.0981 e. The minimum Gasteiger partial charge on any atom is -0.0981 e. The van der Waals surface area contributed by atoms with E-state index < -0.39 is 0 Å². The fourth-order valence-corrected chi connectivity index (χ4v) is 5.16. The predicted octanol–water partition coefficient (Wildman–Crippen LogP) is 12.9. The van der Waals surface area contributed by atoms with Crippen LogP contribution in [0.3, 0.4) is 0 Å². The van der Waals surface area contributed by atoms with Crippen LogP contribution < -0.4 is 0 Å². The average molecular weight is 772 g/mol. The first-order valence-electron chi connectivity index (χ1n) is 15.2. The summed E-state index contributed by atoms with van der Waals surface area (Å²) in [6.07, 6.45) is 2.54. The molecule has 0 heterocycles. The van der Waals surface area contributed by atoms with Crippen molar-refractivity contribution < 1.29 is 0 Å². The molecule has 0 aliphatic rings. The lowest BCUT2D eigenvalue weighted by Gasteiger charge is -2.33. The van der Waals surface area contributed by atoms with Crippen LogP contribution in [-0.2, 0) is 24.7 Å². The van der Waals surface area contributed by atoms with E-state index in [1.807, 2.05) is 13.8 Å². The topological polar surface area (TPSA) is 0 Å². The van der Waals surface area contributed by atoms with Gasteiger partial charge < -0.3 is 0 Å². The Hall–Kier alpha value is -1.68. The third-order valence-corrected chi connectivity index (χ3v) is 10.1. The van der Waals surface area contributed by atoms with Crippen molar-refractivity contribution >= 4 is 47.8 Å². The van der Waals surface area contributed by atoms with Gasteiger partial charge in [0, 0.05) is 18.4 Å². The minimum absolute atomic E-state index is 0.0889.